The van der Waals surface area contributed by atoms with Gasteiger partial charge < -0.3 is 10.5 Å². The molecule has 7 heteroatoms. The lowest BCUT2D eigenvalue weighted by Crippen LogP contribution is -2.10. The molecular weight excluding hydrogens is 298 g/mol. The first-order valence-corrected chi connectivity index (χ1v) is 7.81. The molecule has 0 aliphatic rings. The molecule has 0 unspecified atom stereocenters. The van der Waals surface area contributed by atoms with Gasteiger partial charge in [0.15, 0.2) is 0 Å². The summed E-state index contributed by atoms with van der Waals surface area (Å²) in [5.41, 5.74) is 9.51. The predicted octanol–water partition coefficient (Wildman–Crippen LogP) is 2.38. The van der Waals surface area contributed by atoms with Crippen molar-refractivity contribution >= 4 is 11.3 Å². The number of thiazole rings is 1. The highest BCUT2D eigenvalue weighted by Gasteiger charge is 2.16. The molecule has 0 aliphatic heterocycles. The molecule has 0 bridgehead atoms. The number of nitrogens with zero attached hydrogens (tertiary/aromatic N) is 4. The lowest BCUT2D eigenvalue weighted by molar-refractivity contribution is 0.292. The second kappa shape index (κ2) is 6.25. The van der Waals surface area contributed by atoms with Crippen molar-refractivity contribution in [3.05, 3.63) is 52.3 Å². The molecule has 6 nitrogen and oxygen atoms in total. The molecule has 0 spiro atoms. The minimum atomic E-state index is 0.316. The number of rotatable bonds is 5. The lowest BCUT2D eigenvalue weighted by Gasteiger charge is -2.12. The van der Waals surface area contributed by atoms with E-state index in [4.69, 9.17) is 10.5 Å². The summed E-state index contributed by atoms with van der Waals surface area (Å²) in [6, 6.07) is 6.08. The smallest absolute Gasteiger partial charge is 0.212 e. The van der Waals surface area contributed by atoms with Gasteiger partial charge >= 0.3 is 0 Å². The summed E-state index contributed by atoms with van der Waals surface area (Å²) in [7, 11) is 0. The van der Waals surface area contributed by atoms with Crippen molar-refractivity contribution in [1.82, 2.24) is 20.0 Å². The molecule has 0 radical (unpaired) electrons. The number of hydrogen-bond acceptors (Lipinski definition) is 6. The minimum Gasteiger partial charge on any atom is -0.487 e. The van der Waals surface area contributed by atoms with Crippen LogP contribution < -0.4 is 10.5 Å². The highest BCUT2D eigenvalue weighted by atomic mass is 32.1. The van der Waals surface area contributed by atoms with Crippen molar-refractivity contribution in [1.29, 1.82) is 0 Å². The first-order chi connectivity index (χ1) is 10.7. The summed E-state index contributed by atoms with van der Waals surface area (Å²) < 4.78 is 7.71. The topological polar surface area (TPSA) is 78.9 Å². The van der Waals surface area contributed by atoms with Crippen LogP contribution in [-0.4, -0.2) is 20.0 Å². The van der Waals surface area contributed by atoms with E-state index in [2.05, 4.69) is 15.3 Å². The van der Waals surface area contributed by atoms with Gasteiger partial charge in [-0.3, -0.25) is 0 Å². The molecule has 0 aliphatic carbocycles. The largest absolute Gasteiger partial charge is 0.487 e. The lowest BCUT2D eigenvalue weighted by atomic mass is 10.1. The average molecular weight is 315 g/mol. The molecule has 0 fully saturated rings. The van der Waals surface area contributed by atoms with Crippen LogP contribution in [0.1, 0.15) is 22.5 Å². The summed E-state index contributed by atoms with van der Waals surface area (Å²) in [6.45, 7) is 4.73. The van der Waals surface area contributed by atoms with Crippen LogP contribution in [0.2, 0.25) is 0 Å². The van der Waals surface area contributed by atoms with Crippen LogP contribution in [0.5, 0.6) is 5.75 Å². The Bertz CT molecular complexity index is 746. The molecule has 0 atom stereocenters. The van der Waals surface area contributed by atoms with E-state index < -0.39 is 0 Å². The number of para-hydroxylation sites is 1. The Morgan fingerprint density at radius 2 is 2.05 bits per heavy atom. The van der Waals surface area contributed by atoms with Crippen LogP contribution in [0.4, 0.5) is 0 Å². The van der Waals surface area contributed by atoms with Gasteiger partial charge in [0.05, 0.1) is 0 Å². The van der Waals surface area contributed by atoms with Crippen LogP contribution in [0.15, 0.2) is 29.8 Å². The molecule has 0 saturated heterocycles. The second-order valence-electron chi connectivity index (χ2n) is 4.92. The van der Waals surface area contributed by atoms with E-state index in [0.717, 1.165) is 33.4 Å². The summed E-state index contributed by atoms with van der Waals surface area (Å²) in [4.78, 5) is 4.27. The van der Waals surface area contributed by atoms with Crippen molar-refractivity contribution in [2.24, 2.45) is 5.73 Å². The predicted molar refractivity (Wildman–Crippen MR) is 85.2 cm³/mol. The van der Waals surface area contributed by atoms with Crippen LogP contribution in [0.3, 0.4) is 0 Å². The van der Waals surface area contributed by atoms with Crippen LogP contribution >= 0.6 is 11.3 Å². The molecule has 1 aromatic carbocycles. The SMILES string of the molecule is Cc1cccc(C)c1OCc1c(CN)nnn1-c1nccs1. The van der Waals surface area contributed by atoms with Crippen molar-refractivity contribution in [2.75, 3.05) is 0 Å². The van der Waals surface area contributed by atoms with E-state index in [1.807, 2.05) is 37.4 Å². The Balaban J connectivity index is 1.90. The van der Waals surface area contributed by atoms with Crippen LogP contribution in [0, 0.1) is 13.8 Å². The molecule has 0 saturated carbocycles. The number of benzene rings is 1. The summed E-state index contributed by atoms with van der Waals surface area (Å²) in [5.74, 6) is 0.886. The zero-order chi connectivity index (χ0) is 15.5. The van der Waals surface area contributed by atoms with Crippen molar-refractivity contribution < 1.29 is 4.74 Å². The fraction of sp³-hybridized carbons (Fsp3) is 0.267. The van der Waals surface area contributed by atoms with E-state index in [1.54, 1.807) is 10.9 Å². The Morgan fingerprint density at radius 1 is 1.27 bits per heavy atom. The van der Waals surface area contributed by atoms with Crippen molar-refractivity contribution in [2.45, 2.75) is 27.0 Å². The van der Waals surface area contributed by atoms with Gasteiger partial charge in [-0.2, -0.15) is 4.68 Å². The molecule has 2 heterocycles. The van der Waals surface area contributed by atoms with Gasteiger partial charge in [0.25, 0.3) is 0 Å². The van der Waals surface area contributed by atoms with Gasteiger partial charge in [-0.15, -0.1) is 16.4 Å². The quantitative estimate of drug-likeness (QED) is 0.782. The summed E-state index contributed by atoms with van der Waals surface area (Å²) >= 11 is 1.49. The third-order valence-corrected chi connectivity index (χ3v) is 4.15. The zero-order valence-electron chi connectivity index (χ0n) is 12.5. The van der Waals surface area contributed by atoms with Gasteiger partial charge in [0.2, 0.25) is 5.13 Å². The van der Waals surface area contributed by atoms with E-state index in [-0.39, 0.29) is 0 Å². The number of nitrogens with two attached hydrogens (primary N) is 1. The molecular formula is C15H17N5OS. The molecule has 3 rings (SSSR count). The molecule has 114 valence electrons. The molecule has 22 heavy (non-hydrogen) atoms. The highest BCUT2D eigenvalue weighted by Crippen LogP contribution is 2.24. The van der Waals surface area contributed by atoms with Gasteiger partial charge in [-0.1, -0.05) is 23.4 Å². The monoisotopic (exact) mass is 315 g/mol. The zero-order valence-corrected chi connectivity index (χ0v) is 13.3. The fourth-order valence-corrected chi connectivity index (χ4v) is 2.89. The van der Waals surface area contributed by atoms with Crippen molar-refractivity contribution in [3.63, 3.8) is 0 Å². The maximum Gasteiger partial charge on any atom is 0.212 e. The normalized spacial score (nSPS) is 10.9. The minimum absolute atomic E-state index is 0.316. The van der Waals surface area contributed by atoms with Crippen LogP contribution in [0.25, 0.3) is 5.13 Å². The average Bonchev–Trinajstić information content (AvgIpc) is 3.15. The highest BCUT2D eigenvalue weighted by molar-refractivity contribution is 7.12. The van der Waals surface area contributed by atoms with Gasteiger partial charge in [0.1, 0.15) is 23.7 Å². The Kier molecular flexibility index (Phi) is 4.17. The number of ether oxygens (including phenoxy) is 1. The van der Waals surface area contributed by atoms with Crippen molar-refractivity contribution in [3.8, 4) is 10.9 Å². The number of aryl methyl sites for hydroxylation is 2. The maximum atomic E-state index is 6.01. The Hall–Kier alpha value is -2.25. The van der Waals surface area contributed by atoms with Crippen LogP contribution in [-0.2, 0) is 13.2 Å². The first kappa shape index (κ1) is 14.7. The maximum absolute atomic E-state index is 6.01. The summed E-state index contributed by atoms with van der Waals surface area (Å²) in [6.07, 6.45) is 1.74. The van der Waals surface area contributed by atoms with E-state index >= 15 is 0 Å². The molecule has 2 aromatic heterocycles. The number of aromatic nitrogens is 4. The fourth-order valence-electron chi connectivity index (χ4n) is 2.28. The van der Waals surface area contributed by atoms with E-state index in [1.165, 1.54) is 11.3 Å². The van der Waals surface area contributed by atoms with Gasteiger partial charge in [-0.25, -0.2) is 4.98 Å². The van der Waals surface area contributed by atoms with Gasteiger partial charge in [-0.05, 0) is 25.0 Å². The number of hydrogen-bond donors (Lipinski definition) is 1. The standard InChI is InChI=1S/C15H17N5OS/c1-10-4-3-5-11(2)14(10)21-9-13-12(8-16)18-19-20(13)15-17-6-7-22-15/h3-7H,8-9,16H2,1-2H3. The van der Waals surface area contributed by atoms with E-state index in [0.29, 0.717) is 13.2 Å². The molecule has 3 aromatic rings. The third-order valence-electron chi connectivity index (χ3n) is 3.40. The Morgan fingerprint density at radius 3 is 2.68 bits per heavy atom. The van der Waals surface area contributed by atoms with E-state index in [9.17, 15) is 0 Å². The summed E-state index contributed by atoms with van der Waals surface area (Å²) in [5, 5.41) is 10.9. The third kappa shape index (κ3) is 2.72. The second-order valence-corrected chi connectivity index (χ2v) is 5.80. The Labute approximate surface area is 132 Å². The molecule has 0 amide bonds. The first-order valence-electron chi connectivity index (χ1n) is 6.93. The molecule has 2 N–H and O–H groups in total. The van der Waals surface area contributed by atoms with Gasteiger partial charge in [0, 0.05) is 18.1 Å².